The van der Waals surface area contributed by atoms with E-state index in [-0.39, 0.29) is 63.2 Å². The van der Waals surface area contributed by atoms with Crippen molar-refractivity contribution in [1.29, 1.82) is 0 Å². The van der Waals surface area contributed by atoms with E-state index < -0.39 is 0 Å². The molecule has 338 valence electrons. The predicted octanol–water partition coefficient (Wildman–Crippen LogP) is 3.82. The van der Waals surface area contributed by atoms with E-state index in [0.717, 1.165) is 89.7 Å². The molecule has 0 amide bonds. The van der Waals surface area contributed by atoms with Gasteiger partial charge in [-0.15, -0.1) is 0 Å². The molecule has 0 bridgehead atoms. The molecule has 0 aliphatic carbocycles. The van der Waals surface area contributed by atoms with Crippen LogP contribution >= 0.6 is 0 Å². The minimum absolute atomic E-state index is 0. The monoisotopic (exact) mass is 1370 g/mol. The molecule has 61 heavy (non-hydrogen) atoms. The Balaban J connectivity index is 0.00000125. The number of nitrogens with one attached hydrogen (secondary N) is 3. The Hall–Kier alpha value is -3.39. The number of benzene rings is 3. The van der Waals surface area contributed by atoms with Crippen LogP contribution in [0.4, 0.5) is 17.1 Å². The molecule has 0 unspecified atom stereocenters. The van der Waals surface area contributed by atoms with Gasteiger partial charge >= 0.3 is 0 Å². The van der Waals surface area contributed by atoms with Crippen molar-refractivity contribution in [3.8, 4) is 33.4 Å². The summed E-state index contributed by atoms with van der Waals surface area (Å²) in [6.45, 7) is 9.40. The summed E-state index contributed by atoms with van der Waals surface area (Å²) < 4.78 is 0. The van der Waals surface area contributed by atoms with Crippen LogP contribution in [0.5, 0.6) is 0 Å². The van der Waals surface area contributed by atoms with Crippen LogP contribution in [0.3, 0.4) is 0 Å². The van der Waals surface area contributed by atoms with E-state index in [4.69, 9.17) is 34.4 Å². The van der Waals surface area contributed by atoms with Crippen LogP contribution in [0.15, 0.2) is 146 Å². The second-order valence-corrected chi connectivity index (χ2v) is 12.7. The first-order valence-electron chi connectivity index (χ1n) is 19.7. The molecule has 3 aromatic heterocycles. The van der Waals surface area contributed by atoms with Crippen molar-refractivity contribution in [1.82, 2.24) is 30.9 Å². The molecule has 3 aromatic carbocycles. The van der Waals surface area contributed by atoms with E-state index in [1.807, 2.05) is 73.6 Å². The topological polar surface area (TPSA) is 234 Å². The molecular formula is C45H63N13Pt3. The number of nitrogens with zero attached hydrogens (tertiary/aromatic N) is 4. The quantitative estimate of drug-likeness (QED) is 0.0558. The Morgan fingerprint density at radius 1 is 0.295 bits per heavy atom. The van der Waals surface area contributed by atoms with E-state index in [2.05, 4.69) is 109 Å². The number of rotatable bonds is 18. The molecule has 0 saturated heterocycles. The van der Waals surface area contributed by atoms with Crippen LogP contribution in [-0.4, -0.2) is 93.5 Å². The van der Waals surface area contributed by atoms with E-state index >= 15 is 0 Å². The summed E-state index contributed by atoms with van der Waals surface area (Å²) in [6, 6.07) is 38.2. The minimum Gasteiger partial charge on any atom is -0.329 e. The molecule has 6 rings (SSSR count). The first-order chi connectivity index (χ1) is 28.6. The van der Waals surface area contributed by atoms with Gasteiger partial charge in [-0.2, -0.15) is 0 Å². The molecular weight excluding hydrogens is 1310 g/mol. The maximum Gasteiger partial charge on any atom is 0.0462 e. The third-order valence-electron chi connectivity index (χ3n) is 8.34. The van der Waals surface area contributed by atoms with E-state index in [1.54, 1.807) is 0 Å². The maximum absolute atomic E-state index is 5.17. The second kappa shape index (κ2) is 37.2. The fourth-order valence-corrected chi connectivity index (χ4v) is 5.48. The fourth-order valence-electron chi connectivity index (χ4n) is 5.48. The largest absolute Gasteiger partial charge is 0.329 e. The molecule has 15 N–H and O–H groups in total. The van der Waals surface area contributed by atoms with Gasteiger partial charge in [0, 0.05) is 196 Å². The van der Waals surface area contributed by atoms with Crippen LogP contribution < -0.4 is 55.3 Å². The number of pyridine rings is 3. The van der Waals surface area contributed by atoms with E-state index in [0.29, 0.717) is 39.3 Å². The van der Waals surface area contributed by atoms with Gasteiger partial charge in [0.15, 0.2) is 0 Å². The molecule has 13 nitrogen and oxygen atoms in total. The van der Waals surface area contributed by atoms with Crippen molar-refractivity contribution >= 4 is 17.1 Å². The molecule has 0 radical (unpaired) electrons. The summed E-state index contributed by atoms with van der Waals surface area (Å²) in [6.07, 6.45) is 10.9. The van der Waals surface area contributed by atoms with Gasteiger partial charge in [0.2, 0.25) is 0 Å². The Kier molecular flexibility index (Phi) is 35.1. The van der Waals surface area contributed by atoms with Gasteiger partial charge in [0.05, 0.1) is 0 Å². The number of hydrogen-bond acceptors (Lipinski definition) is 13. The minimum atomic E-state index is 0. The van der Waals surface area contributed by atoms with Crippen LogP contribution in [0, 0.1) is 0 Å². The first-order valence-corrected chi connectivity index (χ1v) is 19.7. The van der Waals surface area contributed by atoms with Gasteiger partial charge in [-0.05, 0) is 106 Å². The normalized spacial score (nSPS) is 9.74. The molecule has 0 spiro atoms. The van der Waals surface area contributed by atoms with Gasteiger partial charge in [-0.3, -0.25) is 15.0 Å². The van der Waals surface area contributed by atoms with Gasteiger partial charge in [0.25, 0.3) is 0 Å². The summed E-state index contributed by atoms with van der Waals surface area (Å²) in [5.41, 5.74) is 41.2. The number of anilines is 3. The Morgan fingerprint density at radius 2 is 0.475 bits per heavy atom. The van der Waals surface area contributed by atoms with Crippen molar-refractivity contribution in [2.75, 3.05) is 83.4 Å². The number of nitrogens with two attached hydrogens (primary N) is 6. The zero-order valence-electron chi connectivity index (χ0n) is 34.5. The van der Waals surface area contributed by atoms with Crippen molar-refractivity contribution in [2.45, 2.75) is 0 Å². The average Bonchev–Trinajstić information content (AvgIpc) is 3.29. The van der Waals surface area contributed by atoms with Gasteiger partial charge in [0.1, 0.15) is 0 Å². The first kappa shape index (κ1) is 57.6. The zero-order valence-corrected chi connectivity index (χ0v) is 41.4. The molecule has 16 heteroatoms. The number of aromatic nitrogens is 3. The van der Waals surface area contributed by atoms with E-state index in [9.17, 15) is 0 Å². The molecule has 0 aliphatic rings. The van der Waals surface area contributed by atoms with Crippen LogP contribution in [0.25, 0.3) is 33.4 Å². The molecule has 3 heterocycles. The van der Waals surface area contributed by atoms with Crippen molar-refractivity contribution in [3.05, 3.63) is 146 Å². The zero-order chi connectivity index (χ0) is 41.5. The van der Waals surface area contributed by atoms with Crippen LogP contribution in [0.2, 0.25) is 0 Å². The summed E-state index contributed by atoms with van der Waals surface area (Å²) in [7, 11) is 0. The summed E-state index contributed by atoms with van der Waals surface area (Å²) in [4.78, 5) is 14.7. The summed E-state index contributed by atoms with van der Waals surface area (Å²) >= 11 is 0. The van der Waals surface area contributed by atoms with Crippen molar-refractivity contribution < 1.29 is 63.2 Å². The van der Waals surface area contributed by atoms with Gasteiger partial charge in [-0.1, -0.05) is 36.4 Å². The Bertz CT molecular complexity index is 1630. The molecule has 6 aromatic rings. The maximum atomic E-state index is 5.17. The average molecular weight is 1370 g/mol. The Morgan fingerprint density at radius 3 is 0.656 bits per heavy atom. The standard InChI is InChI=1S/C33H24N4.3C4H13N3.3Pt/c1-7-31(8-2-25(1)28-13-19-34-20-14-28)37(32-9-3-26(4-10-32)29-15-21-35-22-16-29)33-11-5-27(6-12-33)30-17-23-36-24-18-30;3*5-1-3-7-4-2-6;;;/h1-24H;3*7H,1-6H2;;;. The molecule has 0 atom stereocenters. The van der Waals surface area contributed by atoms with Crippen molar-refractivity contribution in [2.24, 2.45) is 34.4 Å². The SMILES string of the molecule is NCCNCCN.NCCNCCN.NCCNCCN.[Pt].[Pt].[Pt].c1cc(-c2ccc(N(c3ccc(-c4ccncc4)cc3)c3ccc(-c4ccncc4)cc3)cc2)ccn1. The molecule has 0 saturated carbocycles. The second-order valence-electron chi connectivity index (χ2n) is 12.7. The Labute approximate surface area is 405 Å². The van der Waals surface area contributed by atoms with Gasteiger partial charge < -0.3 is 55.3 Å². The van der Waals surface area contributed by atoms with Gasteiger partial charge in [-0.25, -0.2) is 0 Å². The molecule has 0 aliphatic heterocycles. The third kappa shape index (κ3) is 22.5. The summed E-state index contributed by atoms with van der Waals surface area (Å²) in [5.74, 6) is 0. The predicted molar refractivity (Wildman–Crippen MR) is 244 cm³/mol. The van der Waals surface area contributed by atoms with Crippen molar-refractivity contribution in [3.63, 3.8) is 0 Å². The smallest absolute Gasteiger partial charge is 0.0462 e. The fraction of sp³-hybridized carbons (Fsp3) is 0.267. The van der Waals surface area contributed by atoms with Crippen LogP contribution in [0.1, 0.15) is 0 Å². The third-order valence-corrected chi connectivity index (χ3v) is 8.34. The van der Waals surface area contributed by atoms with Crippen LogP contribution in [-0.2, 0) is 63.2 Å². The summed E-state index contributed by atoms with van der Waals surface area (Å²) in [5, 5.41) is 9.10. The molecule has 0 fully saturated rings. The van der Waals surface area contributed by atoms with E-state index in [1.165, 1.54) is 0 Å². The number of hydrogen-bond donors (Lipinski definition) is 9.